The zero-order chi connectivity index (χ0) is 18.2. The van der Waals surface area contributed by atoms with E-state index in [2.05, 4.69) is 5.32 Å². The van der Waals surface area contributed by atoms with E-state index in [0.717, 1.165) is 0 Å². The monoisotopic (exact) mass is 356 g/mol. The average molecular weight is 356 g/mol. The van der Waals surface area contributed by atoms with Crippen molar-refractivity contribution in [2.45, 2.75) is 32.1 Å². The fourth-order valence-electron chi connectivity index (χ4n) is 1.74. The maximum Gasteiger partial charge on any atom is 0.410 e. The van der Waals surface area contributed by atoms with Gasteiger partial charge in [0.15, 0.2) is 0 Å². The molecule has 0 fully saturated rings. The van der Waals surface area contributed by atoms with Gasteiger partial charge in [-0.1, -0.05) is 18.2 Å². The molecule has 2 amide bonds. The molecule has 1 rings (SSSR count). The highest BCUT2D eigenvalue weighted by atomic mass is 32.2. The summed E-state index contributed by atoms with van der Waals surface area (Å²) in [5.41, 5.74) is 0.0593. The van der Waals surface area contributed by atoms with Gasteiger partial charge in [-0.2, -0.15) is 11.8 Å². The Morgan fingerprint density at radius 3 is 2.58 bits per heavy atom. The SMILES string of the molecule is CN(CC(=O)NCCSCc1ccccc1F)C(=O)OC(C)(C)C. The van der Waals surface area contributed by atoms with Gasteiger partial charge in [-0.05, 0) is 32.4 Å². The maximum absolute atomic E-state index is 13.4. The number of hydrogen-bond acceptors (Lipinski definition) is 4. The summed E-state index contributed by atoms with van der Waals surface area (Å²) in [6, 6.07) is 6.64. The fraction of sp³-hybridized carbons (Fsp3) is 0.529. The van der Waals surface area contributed by atoms with Gasteiger partial charge in [-0.15, -0.1) is 0 Å². The minimum atomic E-state index is -0.592. The van der Waals surface area contributed by atoms with Crippen LogP contribution in [0.5, 0.6) is 0 Å². The second kappa shape index (κ2) is 9.52. The van der Waals surface area contributed by atoms with Gasteiger partial charge in [0, 0.05) is 25.1 Å². The lowest BCUT2D eigenvalue weighted by Gasteiger charge is -2.24. The van der Waals surface area contributed by atoms with Crippen molar-refractivity contribution in [2.75, 3.05) is 25.9 Å². The molecule has 0 saturated heterocycles. The Morgan fingerprint density at radius 2 is 1.96 bits per heavy atom. The quantitative estimate of drug-likeness (QED) is 0.763. The van der Waals surface area contributed by atoms with Crippen molar-refractivity contribution in [3.8, 4) is 0 Å². The van der Waals surface area contributed by atoms with E-state index < -0.39 is 11.7 Å². The molecule has 0 unspecified atom stereocenters. The van der Waals surface area contributed by atoms with Crippen LogP contribution >= 0.6 is 11.8 Å². The molecule has 24 heavy (non-hydrogen) atoms. The lowest BCUT2D eigenvalue weighted by Crippen LogP contribution is -2.41. The summed E-state index contributed by atoms with van der Waals surface area (Å²) in [5, 5.41) is 2.73. The molecule has 0 radical (unpaired) electrons. The summed E-state index contributed by atoms with van der Waals surface area (Å²) in [5.74, 6) is 0.749. The van der Waals surface area contributed by atoms with Crippen LogP contribution in [0.1, 0.15) is 26.3 Å². The van der Waals surface area contributed by atoms with E-state index in [1.54, 1.807) is 39.0 Å². The Balaban J connectivity index is 2.20. The van der Waals surface area contributed by atoms with Crippen molar-refractivity contribution in [1.29, 1.82) is 0 Å². The number of nitrogens with zero attached hydrogens (tertiary/aromatic N) is 1. The number of ether oxygens (including phenoxy) is 1. The summed E-state index contributed by atoms with van der Waals surface area (Å²) < 4.78 is 18.6. The fourth-order valence-corrected chi connectivity index (χ4v) is 2.58. The molecule has 0 saturated carbocycles. The Labute approximate surface area is 146 Å². The van der Waals surface area contributed by atoms with Gasteiger partial charge in [0.25, 0.3) is 0 Å². The van der Waals surface area contributed by atoms with Crippen LogP contribution in [0.2, 0.25) is 0 Å². The van der Waals surface area contributed by atoms with Gasteiger partial charge in [0.1, 0.15) is 18.0 Å². The predicted octanol–water partition coefficient (Wildman–Crippen LogP) is 3.04. The molecule has 0 aromatic heterocycles. The number of halogens is 1. The number of rotatable bonds is 7. The topological polar surface area (TPSA) is 58.6 Å². The normalized spacial score (nSPS) is 11.0. The maximum atomic E-state index is 13.4. The van der Waals surface area contributed by atoms with Gasteiger partial charge in [-0.3, -0.25) is 4.79 Å². The van der Waals surface area contributed by atoms with E-state index >= 15 is 0 Å². The summed E-state index contributed by atoms with van der Waals surface area (Å²) >= 11 is 1.54. The van der Waals surface area contributed by atoms with E-state index in [-0.39, 0.29) is 18.3 Å². The predicted molar refractivity (Wildman–Crippen MR) is 94.4 cm³/mol. The molecule has 0 heterocycles. The van der Waals surface area contributed by atoms with Crippen molar-refractivity contribution in [3.05, 3.63) is 35.6 Å². The van der Waals surface area contributed by atoms with E-state index in [4.69, 9.17) is 4.74 Å². The molecule has 0 aliphatic carbocycles. The van der Waals surface area contributed by atoms with Gasteiger partial charge in [-0.25, -0.2) is 9.18 Å². The first-order valence-corrected chi connectivity index (χ1v) is 8.86. The van der Waals surface area contributed by atoms with Crippen molar-refractivity contribution in [3.63, 3.8) is 0 Å². The van der Waals surface area contributed by atoms with Gasteiger partial charge in [0.2, 0.25) is 5.91 Å². The van der Waals surface area contributed by atoms with Crippen LogP contribution in [0.25, 0.3) is 0 Å². The number of carbonyl (C=O) groups excluding carboxylic acids is 2. The number of nitrogens with one attached hydrogen (secondary N) is 1. The highest BCUT2D eigenvalue weighted by molar-refractivity contribution is 7.98. The Bertz CT molecular complexity index is 561. The van der Waals surface area contributed by atoms with E-state index in [9.17, 15) is 14.0 Å². The first-order chi connectivity index (χ1) is 11.2. The minimum absolute atomic E-state index is 0.0626. The second-order valence-corrected chi connectivity index (χ2v) is 7.44. The Morgan fingerprint density at radius 1 is 1.29 bits per heavy atom. The van der Waals surface area contributed by atoms with Crippen molar-refractivity contribution >= 4 is 23.8 Å². The standard InChI is InChI=1S/C17H25FN2O3S/c1-17(2,3)23-16(22)20(4)11-15(21)19-9-10-24-12-13-7-5-6-8-14(13)18/h5-8H,9-12H2,1-4H3,(H,19,21). The van der Waals surface area contributed by atoms with Crippen molar-refractivity contribution in [2.24, 2.45) is 0 Å². The molecule has 7 heteroatoms. The molecule has 1 aromatic carbocycles. The molecular weight excluding hydrogens is 331 g/mol. The zero-order valence-electron chi connectivity index (χ0n) is 14.6. The highest BCUT2D eigenvalue weighted by Gasteiger charge is 2.20. The van der Waals surface area contributed by atoms with E-state index in [0.29, 0.717) is 23.6 Å². The Kier molecular flexibility index (Phi) is 8.04. The molecule has 0 spiro atoms. The molecule has 0 aliphatic heterocycles. The Hall–Kier alpha value is -1.76. The van der Waals surface area contributed by atoms with Crippen molar-refractivity contribution in [1.82, 2.24) is 10.2 Å². The van der Waals surface area contributed by atoms with Crippen LogP contribution in [0.15, 0.2) is 24.3 Å². The van der Waals surface area contributed by atoms with Gasteiger partial charge < -0.3 is 15.0 Å². The molecule has 134 valence electrons. The first-order valence-electron chi connectivity index (χ1n) is 7.71. The number of carbonyl (C=O) groups is 2. The molecule has 0 aliphatic rings. The van der Waals surface area contributed by atoms with E-state index in [1.807, 2.05) is 0 Å². The molecule has 0 bridgehead atoms. The van der Waals surface area contributed by atoms with Gasteiger partial charge in [0.05, 0.1) is 0 Å². The third-order valence-electron chi connectivity index (χ3n) is 2.87. The highest BCUT2D eigenvalue weighted by Crippen LogP contribution is 2.14. The third-order valence-corrected chi connectivity index (χ3v) is 3.88. The number of benzene rings is 1. The smallest absolute Gasteiger partial charge is 0.410 e. The van der Waals surface area contributed by atoms with Crippen LogP contribution < -0.4 is 5.32 Å². The van der Waals surface area contributed by atoms with Crippen LogP contribution in [0.4, 0.5) is 9.18 Å². The molecule has 5 nitrogen and oxygen atoms in total. The van der Waals surface area contributed by atoms with Crippen LogP contribution in [0.3, 0.4) is 0 Å². The summed E-state index contributed by atoms with van der Waals surface area (Å²) in [6.07, 6.45) is -0.536. The average Bonchev–Trinajstić information content (AvgIpc) is 2.47. The van der Waals surface area contributed by atoms with Crippen LogP contribution in [-0.4, -0.2) is 48.4 Å². The van der Waals surface area contributed by atoms with Crippen LogP contribution in [0, 0.1) is 5.82 Å². The molecule has 0 atom stereocenters. The minimum Gasteiger partial charge on any atom is -0.444 e. The van der Waals surface area contributed by atoms with E-state index in [1.165, 1.54) is 29.8 Å². The van der Waals surface area contributed by atoms with Crippen molar-refractivity contribution < 1.29 is 18.7 Å². The molecule has 1 aromatic rings. The number of likely N-dealkylation sites (N-methyl/N-ethyl adjacent to an activating group) is 1. The number of amides is 2. The molecular formula is C17H25FN2O3S. The zero-order valence-corrected chi connectivity index (χ0v) is 15.4. The van der Waals surface area contributed by atoms with Crippen LogP contribution in [-0.2, 0) is 15.3 Å². The summed E-state index contributed by atoms with van der Waals surface area (Å²) in [7, 11) is 1.51. The third kappa shape index (κ3) is 8.19. The summed E-state index contributed by atoms with van der Waals surface area (Å²) in [4.78, 5) is 24.8. The number of thioether (sulfide) groups is 1. The lowest BCUT2D eigenvalue weighted by atomic mass is 10.2. The number of hydrogen-bond donors (Lipinski definition) is 1. The van der Waals surface area contributed by atoms with Gasteiger partial charge >= 0.3 is 6.09 Å². The lowest BCUT2D eigenvalue weighted by molar-refractivity contribution is -0.121. The summed E-state index contributed by atoms with van der Waals surface area (Å²) in [6.45, 7) is 5.70. The molecule has 1 N–H and O–H groups in total. The largest absolute Gasteiger partial charge is 0.444 e. The second-order valence-electron chi connectivity index (χ2n) is 6.33. The first kappa shape index (κ1) is 20.3.